The van der Waals surface area contributed by atoms with Crippen molar-refractivity contribution in [3.63, 3.8) is 0 Å². The van der Waals surface area contributed by atoms with E-state index < -0.39 is 11.5 Å². The van der Waals surface area contributed by atoms with E-state index in [2.05, 4.69) is 24.3 Å². The van der Waals surface area contributed by atoms with Gasteiger partial charge in [-0.3, -0.25) is 9.20 Å². The van der Waals surface area contributed by atoms with Gasteiger partial charge < -0.3 is 5.11 Å². The van der Waals surface area contributed by atoms with Crippen molar-refractivity contribution in [3.8, 4) is 11.1 Å². The summed E-state index contributed by atoms with van der Waals surface area (Å²) in [5.74, 6) is -1.10. The highest BCUT2D eigenvalue weighted by atomic mass is 16.4. The lowest BCUT2D eigenvalue weighted by atomic mass is 9.94. The molecule has 25 heavy (non-hydrogen) atoms. The zero-order valence-corrected chi connectivity index (χ0v) is 14.8. The van der Waals surface area contributed by atoms with E-state index in [9.17, 15) is 14.7 Å². The first-order chi connectivity index (χ1) is 11.8. The standard InChI is InChI=1S/C21H21NO3/c1-12(2)17-11-18(21(24)25)20(23)22-10-9-16(14(4)19(17)22)15-7-5-13(3)6-8-15/h5-12H,1-4H3,(H,24,25). The molecule has 0 aliphatic rings. The molecule has 0 bridgehead atoms. The van der Waals surface area contributed by atoms with Gasteiger partial charge in [-0.05, 0) is 54.2 Å². The van der Waals surface area contributed by atoms with Crippen molar-refractivity contribution < 1.29 is 9.90 Å². The summed E-state index contributed by atoms with van der Waals surface area (Å²) < 4.78 is 1.46. The maximum absolute atomic E-state index is 12.6. The molecule has 128 valence electrons. The molecule has 4 heteroatoms. The molecule has 3 aromatic rings. The summed E-state index contributed by atoms with van der Waals surface area (Å²) in [4.78, 5) is 24.0. The SMILES string of the molecule is Cc1ccc(-c2ccn3c(=O)c(C(=O)O)cc(C(C)C)c3c2C)cc1. The molecule has 0 radical (unpaired) electrons. The highest BCUT2D eigenvalue weighted by Crippen LogP contribution is 2.30. The molecule has 0 saturated carbocycles. The number of carboxylic acid groups (broad SMARTS) is 1. The molecule has 0 saturated heterocycles. The Morgan fingerprint density at radius 2 is 1.72 bits per heavy atom. The average Bonchev–Trinajstić information content (AvgIpc) is 2.56. The van der Waals surface area contributed by atoms with Crippen LogP contribution in [0.5, 0.6) is 0 Å². The number of nitrogens with zero attached hydrogens (tertiary/aromatic N) is 1. The summed E-state index contributed by atoms with van der Waals surface area (Å²) in [5, 5.41) is 9.35. The zero-order chi connectivity index (χ0) is 18.3. The Balaban J connectivity index is 2.40. The van der Waals surface area contributed by atoms with Crippen molar-refractivity contribution in [1.82, 2.24) is 4.40 Å². The molecule has 3 rings (SSSR count). The molecule has 1 aromatic carbocycles. The third kappa shape index (κ3) is 2.84. The molecule has 0 unspecified atom stereocenters. The summed E-state index contributed by atoms with van der Waals surface area (Å²) in [6, 6.07) is 11.6. The number of aryl methyl sites for hydroxylation is 2. The second-order valence-corrected chi connectivity index (χ2v) is 6.72. The van der Waals surface area contributed by atoms with Crippen molar-refractivity contribution in [3.05, 3.63) is 75.2 Å². The number of rotatable bonds is 3. The molecule has 4 nitrogen and oxygen atoms in total. The number of benzene rings is 1. The molecule has 2 aromatic heterocycles. The Kier molecular flexibility index (Phi) is 4.21. The van der Waals surface area contributed by atoms with Crippen LogP contribution in [0.2, 0.25) is 0 Å². The van der Waals surface area contributed by atoms with E-state index >= 15 is 0 Å². The molecule has 0 aliphatic carbocycles. The van der Waals surface area contributed by atoms with Crippen LogP contribution in [0.4, 0.5) is 0 Å². The minimum atomic E-state index is -1.19. The smallest absolute Gasteiger partial charge is 0.341 e. The van der Waals surface area contributed by atoms with E-state index in [1.54, 1.807) is 6.20 Å². The van der Waals surface area contributed by atoms with Crippen LogP contribution in [0.25, 0.3) is 16.6 Å². The lowest BCUT2D eigenvalue weighted by Crippen LogP contribution is -2.24. The van der Waals surface area contributed by atoms with Gasteiger partial charge >= 0.3 is 5.97 Å². The van der Waals surface area contributed by atoms with E-state index in [0.717, 1.165) is 27.8 Å². The monoisotopic (exact) mass is 335 g/mol. The van der Waals surface area contributed by atoms with Gasteiger partial charge in [-0.1, -0.05) is 43.7 Å². The van der Waals surface area contributed by atoms with Crippen LogP contribution in [0.15, 0.2) is 47.4 Å². The fraction of sp³-hybridized carbons (Fsp3) is 0.238. The number of fused-ring (bicyclic) bond motifs is 1. The van der Waals surface area contributed by atoms with Crippen LogP contribution >= 0.6 is 0 Å². The van der Waals surface area contributed by atoms with Crippen LogP contribution in [-0.4, -0.2) is 15.5 Å². The van der Waals surface area contributed by atoms with Crippen LogP contribution in [0.1, 0.15) is 46.8 Å². The zero-order valence-electron chi connectivity index (χ0n) is 14.8. The third-order valence-corrected chi connectivity index (χ3v) is 4.63. The van der Waals surface area contributed by atoms with Crippen molar-refractivity contribution in [2.75, 3.05) is 0 Å². The lowest BCUT2D eigenvalue weighted by Gasteiger charge is -2.17. The average molecular weight is 335 g/mol. The van der Waals surface area contributed by atoms with E-state index in [1.165, 1.54) is 16.0 Å². The topological polar surface area (TPSA) is 58.8 Å². The van der Waals surface area contributed by atoms with E-state index in [0.29, 0.717) is 0 Å². The van der Waals surface area contributed by atoms with Crippen molar-refractivity contribution in [1.29, 1.82) is 0 Å². The summed E-state index contributed by atoms with van der Waals surface area (Å²) in [6.07, 6.45) is 1.68. The molecular weight excluding hydrogens is 314 g/mol. The molecule has 0 amide bonds. The molecule has 0 spiro atoms. The van der Waals surface area contributed by atoms with Crippen molar-refractivity contribution >= 4 is 11.5 Å². The Labute approximate surface area is 146 Å². The molecule has 2 heterocycles. The van der Waals surface area contributed by atoms with Gasteiger partial charge in [0, 0.05) is 6.20 Å². The van der Waals surface area contributed by atoms with Gasteiger partial charge in [0.05, 0.1) is 5.52 Å². The Bertz CT molecular complexity index is 1030. The van der Waals surface area contributed by atoms with Gasteiger partial charge in [-0.2, -0.15) is 0 Å². The predicted molar refractivity (Wildman–Crippen MR) is 99.6 cm³/mol. The normalized spacial score (nSPS) is 11.2. The van der Waals surface area contributed by atoms with Gasteiger partial charge in [0.1, 0.15) is 5.56 Å². The third-order valence-electron chi connectivity index (χ3n) is 4.63. The number of carboxylic acids is 1. The maximum atomic E-state index is 12.6. The van der Waals surface area contributed by atoms with E-state index in [-0.39, 0.29) is 11.5 Å². The Morgan fingerprint density at radius 1 is 1.08 bits per heavy atom. The minimum absolute atomic E-state index is 0.0978. The number of carbonyl (C=O) groups is 1. The van der Waals surface area contributed by atoms with Gasteiger partial charge in [-0.25, -0.2) is 4.79 Å². The fourth-order valence-corrected chi connectivity index (χ4v) is 3.24. The number of pyridine rings is 2. The predicted octanol–water partition coefficient (Wildman–Crippen LogP) is 4.40. The second-order valence-electron chi connectivity index (χ2n) is 6.72. The Morgan fingerprint density at radius 3 is 2.28 bits per heavy atom. The first-order valence-corrected chi connectivity index (χ1v) is 8.30. The minimum Gasteiger partial charge on any atom is -0.477 e. The lowest BCUT2D eigenvalue weighted by molar-refractivity contribution is 0.0694. The van der Waals surface area contributed by atoms with Gasteiger partial charge in [0.25, 0.3) is 5.56 Å². The summed E-state index contributed by atoms with van der Waals surface area (Å²) in [5.41, 5.74) is 5.26. The number of aromatic nitrogens is 1. The van der Waals surface area contributed by atoms with Gasteiger partial charge in [0.2, 0.25) is 0 Å². The largest absolute Gasteiger partial charge is 0.477 e. The van der Waals surface area contributed by atoms with Gasteiger partial charge in [-0.15, -0.1) is 0 Å². The molecular formula is C21H21NO3. The number of hydrogen-bond acceptors (Lipinski definition) is 2. The quantitative estimate of drug-likeness (QED) is 0.771. The molecule has 0 atom stereocenters. The first-order valence-electron chi connectivity index (χ1n) is 8.30. The van der Waals surface area contributed by atoms with E-state index in [4.69, 9.17) is 0 Å². The highest BCUT2D eigenvalue weighted by molar-refractivity contribution is 5.89. The highest BCUT2D eigenvalue weighted by Gasteiger charge is 2.19. The van der Waals surface area contributed by atoms with Crippen LogP contribution in [-0.2, 0) is 0 Å². The summed E-state index contributed by atoms with van der Waals surface area (Å²) in [7, 11) is 0. The molecule has 0 fully saturated rings. The maximum Gasteiger partial charge on any atom is 0.341 e. The number of hydrogen-bond donors (Lipinski definition) is 1. The van der Waals surface area contributed by atoms with Crippen molar-refractivity contribution in [2.24, 2.45) is 0 Å². The Hall–Kier alpha value is -2.88. The van der Waals surface area contributed by atoms with Crippen molar-refractivity contribution in [2.45, 2.75) is 33.6 Å². The summed E-state index contributed by atoms with van der Waals surface area (Å²) in [6.45, 7) is 8.03. The molecule has 1 N–H and O–H groups in total. The summed E-state index contributed by atoms with van der Waals surface area (Å²) >= 11 is 0. The number of aromatic carboxylic acids is 1. The van der Waals surface area contributed by atoms with Crippen LogP contribution in [0, 0.1) is 13.8 Å². The van der Waals surface area contributed by atoms with E-state index in [1.807, 2.05) is 33.8 Å². The second kappa shape index (κ2) is 6.20. The fourth-order valence-electron chi connectivity index (χ4n) is 3.24. The van der Waals surface area contributed by atoms with Crippen LogP contribution < -0.4 is 5.56 Å². The van der Waals surface area contributed by atoms with Gasteiger partial charge in [0.15, 0.2) is 0 Å². The van der Waals surface area contributed by atoms with Crippen LogP contribution in [0.3, 0.4) is 0 Å². The first kappa shape index (κ1) is 17.0. The molecule has 0 aliphatic heterocycles.